The minimum Gasteiger partial charge on any atom is -0.495 e. The summed E-state index contributed by atoms with van der Waals surface area (Å²) < 4.78 is 18.6. The molecule has 0 atom stereocenters. The van der Waals surface area contributed by atoms with Crippen LogP contribution in [0, 0.1) is 5.82 Å². The van der Waals surface area contributed by atoms with E-state index in [9.17, 15) is 9.18 Å². The summed E-state index contributed by atoms with van der Waals surface area (Å²) >= 11 is 0. The summed E-state index contributed by atoms with van der Waals surface area (Å²) in [6.07, 6.45) is 0. The molecule has 1 aromatic rings. The maximum Gasteiger partial charge on any atom is 0.249 e. The van der Waals surface area contributed by atoms with E-state index in [1.807, 2.05) is 0 Å². The second-order valence-corrected chi connectivity index (χ2v) is 4.20. The van der Waals surface area contributed by atoms with Crippen LogP contribution in [-0.2, 0) is 4.79 Å². The molecule has 16 heavy (non-hydrogen) atoms. The lowest BCUT2D eigenvalue weighted by molar-refractivity contribution is -0.119. The zero-order chi connectivity index (χ0) is 11.9. The Morgan fingerprint density at radius 1 is 1.31 bits per heavy atom. The lowest BCUT2D eigenvalue weighted by Gasteiger charge is -2.33. The van der Waals surface area contributed by atoms with Gasteiger partial charge in [0.1, 0.15) is 28.5 Å². The first kappa shape index (κ1) is 10.7. The third-order valence-corrected chi connectivity index (χ3v) is 2.58. The summed E-state index contributed by atoms with van der Waals surface area (Å²) in [4.78, 5) is 11.6. The molecule has 1 amide bonds. The highest BCUT2D eigenvalue weighted by Gasteiger charge is 2.35. The first-order valence-corrected chi connectivity index (χ1v) is 4.92. The Kier molecular flexibility index (Phi) is 2.26. The van der Waals surface area contributed by atoms with Crippen LogP contribution in [0.2, 0.25) is 0 Å². The van der Waals surface area contributed by atoms with Crippen molar-refractivity contribution in [2.45, 2.75) is 19.4 Å². The molecule has 1 aliphatic rings. The van der Waals surface area contributed by atoms with Crippen molar-refractivity contribution in [1.29, 1.82) is 0 Å². The second kappa shape index (κ2) is 3.37. The van der Waals surface area contributed by atoms with Crippen molar-refractivity contribution in [2.75, 3.05) is 17.7 Å². The van der Waals surface area contributed by atoms with Gasteiger partial charge in [0.2, 0.25) is 5.91 Å². The molecule has 4 nitrogen and oxygen atoms in total. The number of carbonyl (C=O) groups excluding carboxylic acids is 1. The van der Waals surface area contributed by atoms with Gasteiger partial charge >= 0.3 is 0 Å². The molecule has 86 valence electrons. The van der Waals surface area contributed by atoms with Gasteiger partial charge in [-0.3, -0.25) is 4.79 Å². The van der Waals surface area contributed by atoms with Gasteiger partial charge in [0.05, 0.1) is 7.11 Å². The van der Waals surface area contributed by atoms with Gasteiger partial charge in [-0.15, -0.1) is 0 Å². The van der Waals surface area contributed by atoms with Crippen LogP contribution in [0.5, 0.6) is 5.75 Å². The van der Waals surface area contributed by atoms with E-state index in [-0.39, 0.29) is 11.6 Å². The zero-order valence-electron chi connectivity index (χ0n) is 9.35. The summed E-state index contributed by atoms with van der Waals surface area (Å²) in [5.41, 5.74) is -0.163. The fraction of sp³-hybridized carbons (Fsp3) is 0.364. The number of halogens is 1. The van der Waals surface area contributed by atoms with Gasteiger partial charge in [-0.1, -0.05) is 0 Å². The van der Waals surface area contributed by atoms with Crippen molar-refractivity contribution in [1.82, 2.24) is 0 Å². The lowest BCUT2D eigenvalue weighted by atomic mass is 9.99. The third-order valence-electron chi connectivity index (χ3n) is 2.58. The molecule has 0 spiro atoms. The van der Waals surface area contributed by atoms with Gasteiger partial charge < -0.3 is 15.4 Å². The number of carbonyl (C=O) groups is 1. The van der Waals surface area contributed by atoms with Crippen LogP contribution in [0.15, 0.2) is 12.1 Å². The maximum absolute atomic E-state index is 13.5. The molecule has 0 saturated heterocycles. The van der Waals surface area contributed by atoms with E-state index in [2.05, 4.69) is 10.6 Å². The standard InChI is InChI=1S/C11H13FN2O2/c1-11(2)10(15)13-8-6(12)4-5-7(16-3)9(8)14-11/h4-5,14H,1-3H3,(H,13,15). The van der Waals surface area contributed by atoms with Gasteiger partial charge in [0.25, 0.3) is 0 Å². The van der Waals surface area contributed by atoms with Crippen LogP contribution >= 0.6 is 0 Å². The van der Waals surface area contributed by atoms with E-state index < -0.39 is 11.4 Å². The van der Waals surface area contributed by atoms with Gasteiger partial charge in [-0.05, 0) is 26.0 Å². The SMILES string of the molecule is COc1ccc(F)c2c1NC(C)(C)C(=O)N2. The number of ether oxygens (including phenoxy) is 1. The molecule has 2 rings (SSSR count). The number of anilines is 2. The molecule has 1 aromatic carbocycles. The Morgan fingerprint density at radius 2 is 2.00 bits per heavy atom. The summed E-state index contributed by atoms with van der Waals surface area (Å²) in [5, 5.41) is 5.51. The van der Waals surface area contributed by atoms with Gasteiger partial charge in [-0.25, -0.2) is 4.39 Å². The Morgan fingerprint density at radius 3 is 2.62 bits per heavy atom. The van der Waals surface area contributed by atoms with Crippen molar-refractivity contribution in [3.05, 3.63) is 17.9 Å². The predicted molar refractivity (Wildman–Crippen MR) is 59.3 cm³/mol. The number of rotatable bonds is 1. The largest absolute Gasteiger partial charge is 0.495 e. The Bertz CT molecular complexity index is 458. The highest BCUT2D eigenvalue weighted by Crippen LogP contribution is 2.39. The van der Waals surface area contributed by atoms with Crippen LogP contribution < -0.4 is 15.4 Å². The summed E-state index contributed by atoms with van der Waals surface area (Å²) in [7, 11) is 1.50. The van der Waals surface area contributed by atoms with Gasteiger partial charge in [-0.2, -0.15) is 0 Å². The monoisotopic (exact) mass is 224 g/mol. The van der Waals surface area contributed by atoms with E-state index >= 15 is 0 Å². The number of amides is 1. The van der Waals surface area contributed by atoms with Crippen molar-refractivity contribution >= 4 is 17.3 Å². The smallest absolute Gasteiger partial charge is 0.249 e. The highest BCUT2D eigenvalue weighted by atomic mass is 19.1. The van der Waals surface area contributed by atoms with Crippen molar-refractivity contribution in [2.24, 2.45) is 0 Å². The zero-order valence-corrected chi connectivity index (χ0v) is 9.35. The van der Waals surface area contributed by atoms with E-state index in [1.54, 1.807) is 13.8 Å². The first-order chi connectivity index (χ1) is 7.45. The molecule has 2 N–H and O–H groups in total. The van der Waals surface area contributed by atoms with Crippen LogP contribution in [0.1, 0.15) is 13.8 Å². The maximum atomic E-state index is 13.5. The summed E-state index contributed by atoms with van der Waals surface area (Å²) in [6.45, 7) is 3.44. The normalized spacial score (nSPS) is 17.1. The number of fused-ring (bicyclic) bond motifs is 1. The highest BCUT2D eigenvalue weighted by molar-refractivity contribution is 6.06. The average Bonchev–Trinajstić information content (AvgIpc) is 2.21. The minimum atomic E-state index is -0.784. The molecular weight excluding hydrogens is 211 g/mol. The van der Waals surface area contributed by atoms with Crippen molar-refractivity contribution < 1.29 is 13.9 Å². The van der Waals surface area contributed by atoms with E-state index in [4.69, 9.17) is 4.74 Å². The van der Waals surface area contributed by atoms with Gasteiger partial charge in [0.15, 0.2) is 0 Å². The molecular formula is C11H13FN2O2. The van der Waals surface area contributed by atoms with E-state index in [0.717, 1.165) is 0 Å². The molecule has 0 unspecified atom stereocenters. The topological polar surface area (TPSA) is 50.4 Å². The molecule has 0 saturated carbocycles. The number of nitrogens with one attached hydrogen (secondary N) is 2. The van der Waals surface area contributed by atoms with E-state index in [1.165, 1.54) is 19.2 Å². The molecule has 1 heterocycles. The molecule has 1 aliphatic heterocycles. The molecule has 0 aromatic heterocycles. The number of hydrogen-bond donors (Lipinski definition) is 2. The number of methoxy groups -OCH3 is 1. The van der Waals surface area contributed by atoms with Crippen LogP contribution in [-0.4, -0.2) is 18.6 Å². The fourth-order valence-corrected chi connectivity index (χ4v) is 1.61. The minimum absolute atomic E-state index is 0.142. The Hall–Kier alpha value is -1.78. The first-order valence-electron chi connectivity index (χ1n) is 4.92. The summed E-state index contributed by atoms with van der Waals surface area (Å²) in [6, 6.07) is 2.78. The molecule has 0 bridgehead atoms. The Labute approximate surface area is 92.8 Å². The molecule has 0 radical (unpaired) electrons. The number of hydrogen-bond acceptors (Lipinski definition) is 3. The van der Waals surface area contributed by atoms with Crippen LogP contribution in [0.3, 0.4) is 0 Å². The molecule has 0 aliphatic carbocycles. The van der Waals surface area contributed by atoms with Crippen molar-refractivity contribution in [3.8, 4) is 5.75 Å². The Balaban J connectivity index is 2.58. The fourth-order valence-electron chi connectivity index (χ4n) is 1.61. The van der Waals surface area contributed by atoms with E-state index in [0.29, 0.717) is 11.4 Å². The predicted octanol–water partition coefficient (Wildman–Crippen LogP) is 1.98. The lowest BCUT2D eigenvalue weighted by Crippen LogP contribution is -2.47. The molecule has 0 fully saturated rings. The summed E-state index contributed by atoms with van der Waals surface area (Å²) in [5.74, 6) is -0.247. The average molecular weight is 224 g/mol. The van der Waals surface area contributed by atoms with Crippen LogP contribution in [0.25, 0.3) is 0 Å². The number of benzene rings is 1. The quantitative estimate of drug-likeness (QED) is 0.766. The third kappa shape index (κ3) is 1.48. The second-order valence-electron chi connectivity index (χ2n) is 4.20. The van der Waals surface area contributed by atoms with Crippen molar-refractivity contribution in [3.63, 3.8) is 0 Å². The van der Waals surface area contributed by atoms with Gasteiger partial charge in [0, 0.05) is 0 Å². The van der Waals surface area contributed by atoms with Crippen LogP contribution in [0.4, 0.5) is 15.8 Å². The molecule has 5 heteroatoms.